The van der Waals surface area contributed by atoms with E-state index in [4.69, 9.17) is 20.7 Å². The van der Waals surface area contributed by atoms with E-state index in [1.54, 1.807) is 6.92 Å². The molecule has 0 saturated heterocycles. The Hall–Kier alpha value is -3.77. The van der Waals surface area contributed by atoms with Crippen LogP contribution in [0.2, 0.25) is 0 Å². The van der Waals surface area contributed by atoms with Crippen molar-refractivity contribution in [3.63, 3.8) is 0 Å². The molecule has 0 saturated carbocycles. The number of nitro benzene ring substituents is 1. The van der Waals surface area contributed by atoms with Gasteiger partial charge < -0.3 is 20.7 Å². The number of ether oxygens (including phenoxy) is 1. The molecular formula is C29H32Br2N2O8. The van der Waals surface area contributed by atoms with Crippen LogP contribution < -0.4 is 10.5 Å². The van der Waals surface area contributed by atoms with Gasteiger partial charge in [0.25, 0.3) is 0 Å². The van der Waals surface area contributed by atoms with Crippen molar-refractivity contribution in [2.75, 3.05) is 23.0 Å². The second-order valence-corrected chi connectivity index (χ2v) is 10.1. The Kier molecular flexibility index (Phi) is 15.3. The molecule has 12 heteroatoms. The molecule has 1 aliphatic heterocycles. The molecule has 0 spiro atoms. The highest BCUT2D eigenvalue weighted by molar-refractivity contribution is 9.11. The van der Waals surface area contributed by atoms with Gasteiger partial charge in [0.05, 0.1) is 17.2 Å². The summed E-state index contributed by atoms with van der Waals surface area (Å²) in [5.41, 5.74) is 7.81. The largest absolute Gasteiger partial charge is 0.506 e. The van der Waals surface area contributed by atoms with Crippen LogP contribution in [0.4, 0.5) is 11.4 Å². The fraction of sp³-hybridized carbons (Fsp3) is 0.276. The lowest BCUT2D eigenvalue weighted by Gasteiger charge is -2.17. The number of alkyl halides is 2. The third kappa shape index (κ3) is 12.1. The molecule has 1 heterocycles. The topological polar surface area (TPSA) is 170 Å². The van der Waals surface area contributed by atoms with E-state index >= 15 is 0 Å². The van der Waals surface area contributed by atoms with Crippen LogP contribution in [-0.4, -0.2) is 49.8 Å². The SMILES string of the molecule is BrCCBr.CC(=O)c1ccc(O)c(N)c1.CC(=O)c1ccc(O)c([N+](=O)[O-])c1.CC(=O)c1ccc2c(c1)CCCO2. The van der Waals surface area contributed by atoms with Crippen molar-refractivity contribution in [2.24, 2.45) is 0 Å². The maximum atomic E-state index is 11.1. The number of nitro groups is 1. The smallest absolute Gasteiger partial charge is 0.311 e. The number of benzene rings is 3. The Bertz CT molecular complexity index is 1380. The minimum atomic E-state index is -0.734. The molecule has 41 heavy (non-hydrogen) atoms. The summed E-state index contributed by atoms with van der Waals surface area (Å²) in [7, 11) is 0. The number of ketones is 3. The number of aromatic hydroxyl groups is 2. The summed E-state index contributed by atoms with van der Waals surface area (Å²) in [4.78, 5) is 42.3. The van der Waals surface area contributed by atoms with Crippen LogP contribution >= 0.6 is 31.9 Å². The Labute approximate surface area is 254 Å². The van der Waals surface area contributed by atoms with Crippen molar-refractivity contribution in [2.45, 2.75) is 33.6 Å². The molecular weight excluding hydrogens is 664 g/mol. The number of fused-ring (bicyclic) bond motifs is 1. The maximum absolute atomic E-state index is 11.1. The number of halogens is 2. The number of carbonyl (C=O) groups is 3. The number of nitrogens with two attached hydrogens (primary N) is 1. The molecule has 3 aromatic rings. The van der Waals surface area contributed by atoms with E-state index < -0.39 is 16.4 Å². The Morgan fingerprint density at radius 2 is 1.34 bits per heavy atom. The lowest BCUT2D eigenvalue weighted by molar-refractivity contribution is -0.385. The molecule has 0 unspecified atom stereocenters. The van der Waals surface area contributed by atoms with Crippen LogP contribution in [-0.2, 0) is 6.42 Å². The number of anilines is 1. The van der Waals surface area contributed by atoms with E-state index in [-0.39, 0.29) is 34.4 Å². The average molecular weight is 696 g/mol. The van der Waals surface area contributed by atoms with Crippen LogP contribution in [0.15, 0.2) is 54.6 Å². The monoisotopic (exact) mass is 694 g/mol. The lowest BCUT2D eigenvalue weighted by atomic mass is 10.0. The average Bonchev–Trinajstić information content (AvgIpc) is 2.94. The number of aryl methyl sites for hydroxylation is 1. The first-order valence-corrected chi connectivity index (χ1v) is 14.5. The zero-order chi connectivity index (χ0) is 31.1. The molecule has 10 nitrogen and oxygen atoms in total. The number of rotatable bonds is 5. The van der Waals surface area contributed by atoms with Crippen molar-refractivity contribution in [3.8, 4) is 17.2 Å². The van der Waals surface area contributed by atoms with Gasteiger partial charge in [-0.2, -0.15) is 0 Å². The van der Waals surface area contributed by atoms with E-state index in [1.165, 1.54) is 43.7 Å². The lowest BCUT2D eigenvalue weighted by Crippen LogP contribution is -2.09. The van der Waals surface area contributed by atoms with Gasteiger partial charge in [0.1, 0.15) is 11.5 Å². The number of phenolic OH excluding ortho intramolecular Hbond substituents is 2. The highest BCUT2D eigenvalue weighted by Crippen LogP contribution is 2.27. The first kappa shape index (κ1) is 35.3. The molecule has 0 fully saturated rings. The van der Waals surface area contributed by atoms with Crippen LogP contribution in [0.3, 0.4) is 0 Å². The Balaban J connectivity index is 0.000000289. The number of carbonyl (C=O) groups excluding carboxylic acids is 3. The minimum absolute atomic E-state index is 0.00926. The van der Waals surface area contributed by atoms with E-state index in [9.17, 15) is 24.5 Å². The fourth-order valence-electron chi connectivity index (χ4n) is 3.24. The second-order valence-electron chi connectivity index (χ2n) is 8.56. The number of nitrogen functional groups attached to an aromatic ring is 1. The maximum Gasteiger partial charge on any atom is 0.311 e. The third-order valence-corrected chi connectivity index (χ3v) is 7.26. The van der Waals surface area contributed by atoms with Gasteiger partial charge in [-0.15, -0.1) is 0 Å². The van der Waals surface area contributed by atoms with Crippen LogP contribution in [0, 0.1) is 10.1 Å². The number of hydrogen-bond donors (Lipinski definition) is 3. The summed E-state index contributed by atoms with van der Waals surface area (Å²) >= 11 is 6.40. The summed E-state index contributed by atoms with van der Waals surface area (Å²) in [6.07, 6.45) is 2.07. The van der Waals surface area contributed by atoms with Crippen LogP contribution in [0.5, 0.6) is 17.2 Å². The molecule has 4 N–H and O–H groups in total. The number of Topliss-reactive ketones (excluding diaryl/α,β-unsaturated/α-hetero) is 3. The molecule has 0 bridgehead atoms. The summed E-state index contributed by atoms with van der Waals surface area (Å²) < 4.78 is 5.45. The zero-order valence-electron chi connectivity index (χ0n) is 22.9. The van der Waals surface area contributed by atoms with Crippen molar-refractivity contribution < 1.29 is 34.3 Å². The van der Waals surface area contributed by atoms with Crippen molar-refractivity contribution in [1.29, 1.82) is 0 Å². The van der Waals surface area contributed by atoms with Gasteiger partial charge in [0.2, 0.25) is 0 Å². The normalized spacial score (nSPS) is 11.0. The third-order valence-electron chi connectivity index (χ3n) is 5.40. The van der Waals surface area contributed by atoms with Gasteiger partial charge in [-0.05, 0) is 87.7 Å². The Morgan fingerprint density at radius 3 is 1.83 bits per heavy atom. The summed E-state index contributed by atoms with van der Waals surface area (Å²) in [5, 5.41) is 30.5. The molecule has 0 aromatic heterocycles. The van der Waals surface area contributed by atoms with E-state index in [1.807, 2.05) is 18.2 Å². The summed E-state index contributed by atoms with van der Waals surface area (Å²) in [5.74, 6) is 0.300. The summed E-state index contributed by atoms with van der Waals surface area (Å²) in [6.45, 7) is 5.14. The van der Waals surface area contributed by atoms with Gasteiger partial charge in [-0.1, -0.05) is 31.9 Å². The highest BCUT2D eigenvalue weighted by atomic mass is 79.9. The fourth-order valence-corrected chi connectivity index (χ4v) is 3.24. The molecule has 0 atom stereocenters. The molecule has 220 valence electrons. The predicted molar refractivity (Wildman–Crippen MR) is 165 cm³/mol. The molecule has 0 aliphatic carbocycles. The van der Waals surface area contributed by atoms with Gasteiger partial charge in [0, 0.05) is 33.4 Å². The standard InChI is InChI=1S/C11H12O2.C8H7NO4.C8H9NO2.C2H4Br2/c1-8(12)9-4-5-11-10(7-9)3-2-6-13-11;1-5(10)6-2-3-8(11)7(4-6)9(12)13;1-5(10)6-2-3-8(11)7(9)4-6;3-1-2-4/h4-5,7H,2-3,6H2,1H3;2-4,11H,1H3;2-4,11H,9H2,1H3;1-2H2. The van der Waals surface area contributed by atoms with Gasteiger partial charge >= 0.3 is 5.69 Å². The van der Waals surface area contributed by atoms with E-state index in [0.29, 0.717) is 5.56 Å². The first-order chi connectivity index (χ1) is 19.3. The second kappa shape index (κ2) is 17.8. The summed E-state index contributed by atoms with van der Waals surface area (Å²) in [6, 6.07) is 13.6. The number of hydrogen-bond acceptors (Lipinski definition) is 9. The highest BCUT2D eigenvalue weighted by Gasteiger charge is 2.15. The molecule has 4 rings (SSSR count). The van der Waals surface area contributed by atoms with Gasteiger partial charge in [0.15, 0.2) is 23.1 Å². The molecule has 0 radical (unpaired) electrons. The zero-order valence-corrected chi connectivity index (χ0v) is 26.0. The predicted octanol–water partition coefficient (Wildman–Crippen LogP) is 6.67. The van der Waals surface area contributed by atoms with Gasteiger partial charge in [-0.3, -0.25) is 24.5 Å². The van der Waals surface area contributed by atoms with Crippen LogP contribution in [0.1, 0.15) is 63.8 Å². The Morgan fingerprint density at radius 1 is 0.854 bits per heavy atom. The van der Waals surface area contributed by atoms with E-state index in [2.05, 4.69) is 31.9 Å². The first-order valence-electron chi connectivity index (χ1n) is 12.3. The molecule has 3 aromatic carbocycles. The van der Waals surface area contributed by atoms with Crippen molar-refractivity contribution >= 4 is 60.6 Å². The van der Waals surface area contributed by atoms with Gasteiger partial charge in [-0.25, -0.2) is 0 Å². The molecule has 1 aliphatic rings. The van der Waals surface area contributed by atoms with Crippen molar-refractivity contribution in [3.05, 3.63) is 87.0 Å². The minimum Gasteiger partial charge on any atom is -0.506 e. The number of phenols is 2. The van der Waals surface area contributed by atoms with Crippen molar-refractivity contribution in [1.82, 2.24) is 0 Å². The van der Waals surface area contributed by atoms with Crippen LogP contribution in [0.25, 0.3) is 0 Å². The van der Waals surface area contributed by atoms with E-state index in [0.717, 1.165) is 53.6 Å². The molecule has 0 amide bonds. The quantitative estimate of drug-likeness (QED) is 0.0659. The number of nitrogens with zero attached hydrogens (tertiary/aromatic N) is 1.